The van der Waals surface area contributed by atoms with Gasteiger partial charge >= 0.3 is 0 Å². The quantitative estimate of drug-likeness (QED) is 0.548. The standard InChI is InChI=1S/C22H26ClN3O3S2/c1-22(2,3)12-6-7-13-16(10-12)31-20(17(13)18(24)27)26-21(30)25-19(28)11-5-8-15(29-4)14(23)9-11/h5,8-9,12H,6-7,10H2,1-4H3,(H2,24,27)(H2,25,26,28,30)/t12-/m0/s1. The number of primary amides is 1. The van der Waals surface area contributed by atoms with Crippen molar-refractivity contribution in [1.29, 1.82) is 0 Å². The van der Waals surface area contributed by atoms with Crippen LogP contribution in [0.25, 0.3) is 0 Å². The summed E-state index contributed by atoms with van der Waals surface area (Å²) in [5.41, 5.74) is 7.67. The normalized spacial score (nSPS) is 15.7. The Bertz CT molecular complexity index is 1040. The van der Waals surface area contributed by atoms with Crippen LogP contribution in [0.4, 0.5) is 5.00 Å². The van der Waals surface area contributed by atoms with Crippen LogP contribution in [0, 0.1) is 11.3 Å². The van der Waals surface area contributed by atoms with Crippen molar-refractivity contribution in [2.45, 2.75) is 40.0 Å². The monoisotopic (exact) mass is 479 g/mol. The Morgan fingerprint density at radius 2 is 2.03 bits per heavy atom. The summed E-state index contributed by atoms with van der Waals surface area (Å²) < 4.78 is 5.10. The molecule has 6 nitrogen and oxygen atoms in total. The van der Waals surface area contributed by atoms with E-state index in [0.29, 0.717) is 32.8 Å². The summed E-state index contributed by atoms with van der Waals surface area (Å²) >= 11 is 12.9. The third-order valence-electron chi connectivity index (χ3n) is 5.60. The van der Waals surface area contributed by atoms with Crippen molar-refractivity contribution >= 4 is 57.1 Å². The van der Waals surface area contributed by atoms with Crippen molar-refractivity contribution < 1.29 is 14.3 Å². The highest BCUT2D eigenvalue weighted by atomic mass is 35.5. The fourth-order valence-electron chi connectivity index (χ4n) is 3.79. The minimum Gasteiger partial charge on any atom is -0.495 e. The van der Waals surface area contributed by atoms with Gasteiger partial charge in [0.15, 0.2) is 5.11 Å². The maximum atomic E-state index is 12.5. The van der Waals surface area contributed by atoms with Crippen molar-refractivity contribution in [1.82, 2.24) is 5.32 Å². The van der Waals surface area contributed by atoms with Crippen LogP contribution in [-0.4, -0.2) is 24.0 Å². The van der Waals surface area contributed by atoms with Crippen molar-refractivity contribution in [2.75, 3.05) is 12.4 Å². The molecule has 31 heavy (non-hydrogen) atoms. The van der Waals surface area contributed by atoms with Gasteiger partial charge in [-0.3, -0.25) is 14.9 Å². The number of ether oxygens (including phenoxy) is 1. The number of fused-ring (bicyclic) bond motifs is 1. The summed E-state index contributed by atoms with van der Waals surface area (Å²) in [5, 5.41) is 6.61. The summed E-state index contributed by atoms with van der Waals surface area (Å²) in [4.78, 5) is 25.9. The second-order valence-corrected chi connectivity index (χ2v) is 10.6. The van der Waals surface area contributed by atoms with Gasteiger partial charge in [0, 0.05) is 10.4 Å². The van der Waals surface area contributed by atoms with Crippen LogP contribution < -0.4 is 21.1 Å². The number of hydrogen-bond acceptors (Lipinski definition) is 5. The number of benzene rings is 1. The van der Waals surface area contributed by atoms with Gasteiger partial charge in [-0.05, 0) is 66.6 Å². The average Bonchev–Trinajstić information content (AvgIpc) is 3.03. The zero-order valence-electron chi connectivity index (χ0n) is 17.9. The molecule has 3 rings (SSSR count). The van der Waals surface area contributed by atoms with Crippen molar-refractivity contribution in [2.24, 2.45) is 17.1 Å². The Hall–Kier alpha value is -2.16. The van der Waals surface area contributed by atoms with Gasteiger partial charge in [-0.15, -0.1) is 11.3 Å². The molecule has 4 N–H and O–H groups in total. The molecule has 1 atom stereocenters. The third-order valence-corrected chi connectivity index (χ3v) is 7.27. The fourth-order valence-corrected chi connectivity index (χ4v) is 5.65. The predicted octanol–water partition coefficient (Wildman–Crippen LogP) is 4.79. The van der Waals surface area contributed by atoms with Gasteiger partial charge in [-0.1, -0.05) is 32.4 Å². The van der Waals surface area contributed by atoms with Crippen LogP contribution in [0.5, 0.6) is 5.75 Å². The van der Waals surface area contributed by atoms with E-state index in [4.69, 9.17) is 34.3 Å². The molecule has 0 radical (unpaired) electrons. The molecule has 1 aliphatic rings. The lowest BCUT2D eigenvalue weighted by molar-refractivity contribution is 0.0975. The van der Waals surface area contributed by atoms with E-state index in [0.717, 1.165) is 29.7 Å². The number of anilines is 1. The number of halogens is 1. The van der Waals surface area contributed by atoms with Crippen molar-refractivity contribution in [3.63, 3.8) is 0 Å². The predicted molar refractivity (Wildman–Crippen MR) is 129 cm³/mol. The SMILES string of the molecule is COc1ccc(C(=O)NC(=S)Nc2sc3c(c2C(N)=O)CC[C@H](C(C)(C)C)C3)cc1Cl. The van der Waals surface area contributed by atoms with Crippen LogP contribution in [0.15, 0.2) is 18.2 Å². The first kappa shape index (κ1) is 23.5. The zero-order valence-corrected chi connectivity index (χ0v) is 20.3. The van der Waals surface area contributed by atoms with Crippen LogP contribution in [0.2, 0.25) is 5.02 Å². The van der Waals surface area contributed by atoms with E-state index in [1.165, 1.54) is 24.5 Å². The lowest BCUT2D eigenvalue weighted by atomic mass is 9.72. The Balaban J connectivity index is 1.77. The number of methoxy groups -OCH3 is 1. The third kappa shape index (κ3) is 5.19. The highest BCUT2D eigenvalue weighted by Gasteiger charge is 2.33. The van der Waals surface area contributed by atoms with Gasteiger partial charge in [-0.2, -0.15) is 0 Å². The smallest absolute Gasteiger partial charge is 0.257 e. The molecule has 0 fully saturated rings. The summed E-state index contributed by atoms with van der Waals surface area (Å²) in [6.45, 7) is 6.71. The highest BCUT2D eigenvalue weighted by Crippen LogP contribution is 2.44. The Labute approximate surface area is 196 Å². The summed E-state index contributed by atoms with van der Waals surface area (Å²) in [7, 11) is 1.50. The van der Waals surface area contributed by atoms with Gasteiger partial charge in [-0.25, -0.2) is 0 Å². The van der Waals surface area contributed by atoms with E-state index >= 15 is 0 Å². The number of thiocarbonyl (C=S) groups is 1. The molecule has 9 heteroatoms. The summed E-state index contributed by atoms with van der Waals surface area (Å²) in [6, 6.07) is 4.70. The number of carbonyl (C=O) groups is 2. The van der Waals surface area contributed by atoms with Gasteiger partial charge in [0.05, 0.1) is 17.7 Å². The van der Waals surface area contributed by atoms with Gasteiger partial charge in [0.2, 0.25) is 0 Å². The zero-order chi connectivity index (χ0) is 22.9. The molecule has 1 aromatic carbocycles. The van der Waals surface area contributed by atoms with Crippen molar-refractivity contribution in [3.8, 4) is 5.75 Å². The topological polar surface area (TPSA) is 93.4 Å². The first-order chi connectivity index (χ1) is 14.5. The Morgan fingerprint density at radius 3 is 2.61 bits per heavy atom. The minimum absolute atomic E-state index is 0.0883. The largest absolute Gasteiger partial charge is 0.495 e. The maximum Gasteiger partial charge on any atom is 0.257 e. The van der Waals surface area contributed by atoms with E-state index < -0.39 is 11.8 Å². The molecule has 1 aromatic heterocycles. The summed E-state index contributed by atoms with van der Waals surface area (Å²) in [6.07, 6.45) is 2.71. The molecule has 2 amide bonds. The number of rotatable bonds is 4. The number of nitrogens with one attached hydrogen (secondary N) is 2. The van der Waals surface area contributed by atoms with Crippen molar-refractivity contribution in [3.05, 3.63) is 44.8 Å². The van der Waals surface area contributed by atoms with E-state index in [1.54, 1.807) is 12.1 Å². The Kier molecular flexibility index (Phi) is 6.93. The molecule has 1 aliphatic carbocycles. The van der Waals surface area contributed by atoms with Gasteiger partial charge in [0.1, 0.15) is 10.8 Å². The van der Waals surface area contributed by atoms with E-state index in [1.807, 2.05) is 0 Å². The number of nitrogens with two attached hydrogens (primary N) is 1. The molecule has 0 spiro atoms. The van der Waals surface area contributed by atoms with E-state index in [2.05, 4.69) is 31.4 Å². The second kappa shape index (κ2) is 9.14. The first-order valence-corrected chi connectivity index (χ1v) is 11.5. The second-order valence-electron chi connectivity index (χ2n) is 8.64. The van der Waals surface area contributed by atoms with E-state index in [-0.39, 0.29) is 10.5 Å². The van der Waals surface area contributed by atoms with Gasteiger partial charge in [0.25, 0.3) is 11.8 Å². The molecule has 166 valence electrons. The molecule has 0 unspecified atom stereocenters. The number of amides is 2. The Morgan fingerprint density at radius 1 is 1.32 bits per heavy atom. The lowest BCUT2D eigenvalue weighted by Crippen LogP contribution is -2.34. The van der Waals surface area contributed by atoms with Crippen LogP contribution in [0.3, 0.4) is 0 Å². The number of hydrogen-bond donors (Lipinski definition) is 3. The molecule has 0 saturated heterocycles. The van der Waals surface area contributed by atoms with E-state index in [9.17, 15) is 9.59 Å². The highest BCUT2D eigenvalue weighted by molar-refractivity contribution is 7.80. The number of thiophene rings is 1. The van der Waals surface area contributed by atoms with Crippen LogP contribution >= 0.6 is 35.2 Å². The molecule has 0 bridgehead atoms. The molecule has 2 aromatic rings. The molecule has 1 heterocycles. The molecule has 0 saturated carbocycles. The van der Waals surface area contributed by atoms with Crippen LogP contribution in [0.1, 0.15) is 58.3 Å². The summed E-state index contributed by atoms with van der Waals surface area (Å²) in [5.74, 6) is 0.0866. The first-order valence-electron chi connectivity index (χ1n) is 9.91. The van der Waals surface area contributed by atoms with Crippen LogP contribution in [-0.2, 0) is 12.8 Å². The lowest BCUT2D eigenvalue weighted by Gasteiger charge is -2.33. The van der Waals surface area contributed by atoms with Gasteiger partial charge < -0.3 is 15.8 Å². The molecular weight excluding hydrogens is 454 g/mol. The number of carbonyl (C=O) groups excluding carboxylic acids is 2. The molecular formula is C22H26ClN3O3S2. The fraction of sp³-hybridized carbons (Fsp3) is 0.409. The maximum absolute atomic E-state index is 12.5. The molecule has 0 aliphatic heterocycles. The average molecular weight is 480 g/mol. The minimum atomic E-state index is -0.495.